The van der Waals surface area contributed by atoms with E-state index in [0.29, 0.717) is 18.6 Å². The second-order valence-electron chi connectivity index (χ2n) is 3.95. The van der Waals surface area contributed by atoms with Gasteiger partial charge in [-0.2, -0.15) is 0 Å². The number of aliphatic hydroxyl groups excluding tert-OH is 1. The average Bonchev–Trinajstić information content (AvgIpc) is 1.99. The second-order valence-corrected chi connectivity index (χ2v) is 3.95. The molecule has 3 unspecified atom stereocenters. The third-order valence-electron chi connectivity index (χ3n) is 2.52. The summed E-state index contributed by atoms with van der Waals surface area (Å²) in [6, 6.07) is 0.876. The minimum absolute atomic E-state index is 0.222. The van der Waals surface area contributed by atoms with Crippen molar-refractivity contribution >= 4 is 0 Å². The molecule has 1 fully saturated rings. The summed E-state index contributed by atoms with van der Waals surface area (Å²) < 4.78 is 0. The molecule has 0 spiro atoms. The van der Waals surface area contributed by atoms with E-state index in [2.05, 4.69) is 12.2 Å². The van der Waals surface area contributed by atoms with Gasteiger partial charge in [-0.15, -0.1) is 0 Å². The Morgan fingerprint density at radius 1 is 1.42 bits per heavy atom. The SMILES string of the molecule is CC1CC(N)CC(NCCO)C1. The molecule has 3 atom stereocenters. The van der Waals surface area contributed by atoms with Gasteiger partial charge in [0.1, 0.15) is 0 Å². The van der Waals surface area contributed by atoms with E-state index in [4.69, 9.17) is 10.8 Å². The van der Waals surface area contributed by atoms with Crippen LogP contribution < -0.4 is 11.1 Å². The molecule has 4 N–H and O–H groups in total. The Morgan fingerprint density at radius 2 is 2.17 bits per heavy atom. The van der Waals surface area contributed by atoms with E-state index in [1.54, 1.807) is 0 Å². The molecule has 0 aliphatic heterocycles. The lowest BCUT2D eigenvalue weighted by atomic mass is 9.84. The van der Waals surface area contributed by atoms with E-state index in [-0.39, 0.29) is 6.61 Å². The lowest BCUT2D eigenvalue weighted by Crippen LogP contribution is -2.43. The minimum Gasteiger partial charge on any atom is -0.395 e. The van der Waals surface area contributed by atoms with E-state index in [9.17, 15) is 0 Å². The fraction of sp³-hybridized carbons (Fsp3) is 1.00. The van der Waals surface area contributed by atoms with Gasteiger partial charge in [-0.3, -0.25) is 0 Å². The molecule has 12 heavy (non-hydrogen) atoms. The van der Waals surface area contributed by atoms with E-state index in [1.165, 1.54) is 6.42 Å². The summed E-state index contributed by atoms with van der Waals surface area (Å²) in [6.45, 7) is 3.16. The monoisotopic (exact) mass is 172 g/mol. The zero-order chi connectivity index (χ0) is 8.97. The van der Waals surface area contributed by atoms with Crippen LogP contribution in [0.5, 0.6) is 0 Å². The summed E-state index contributed by atoms with van der Waals surface area (Å²) in [6.07, 6.45) is 3.41. The Bertz CT molecular complexity index is 120. The lowest BCUT2D eigenvalue weighted by Gasteiger charge is -2.31. The van der Waals surface area contributed by atoms with Crippen molar-refractivity contribution in [3.8, 4) is 0 Å². The van der Waals surface area contributed by atoms with Crippen molar-refractivity contribution in [1.29, 1.82) is 0 Å². The van der Waals surface area contributed by atoms with Crippen molar-refractivity contribution in [2.24, 2.45) is 11.7 Å². The van der Waals surface area contributed by atoms with Gasteiger partial charge in [0.15, 0.2) is 0 Å². The summed E-state index contributed by atoms with van der Waals surface area (Å²) in [4.78, 5) is 0. The first-order valence-corrected chi connectivity index (χ1v) is 4.82. The van der Waals surface area contributed by atoms with Crippen molar-refractivity contribution in [3.63, 3.8) is 0 Å². The fourth-order valence-electron chi connectivity index (χ4n) is 2.09. The third-order valence-corrected chi connectivity index (χ3v) is 2.52. The van der Waals surface area contributed by atoms with Crippen LogP contribution in [0.25, 0.3) is 0 Å². The number of hydrogen-bond donors (Lipinski definition) is 3. The van der Waals surface area contributed by atoms with Crippen LogP contribution in [0.3, 0.4) is 0 Å². The van der Waals surface area contributed by atoms with Crippen LogP contribution in [-0.2, 0) is 0 Å². The molecule has 1 aliphatic carbocycles. The molecule has 0 aromatic heterocycles. The maximum absolute atomic E-state index is 8.63. The van der Waals surface area contributed by atoms with E-state index >= 15 is 0 Å². The highest BCUT2D eigenvalue weighted by atomic mass is 16.3. The van der Waals surface area contributed by atoms with Crippen molar-refractivity contribution in [3.05, 3.63) is 0 Å². The molecule has 0 saturated heterocycles. The second kappa shape index (κ2) is 4.80. The Kier molecular flexibility index (Phi) is 3.98. The number of nitrogens with one attached hydrogen (secondary N) is 1. The Labute approximate surface area is 74.3 Å². The normalized spacial score (nSPS) is 36.8. The molecule has 1 rings (SSSR count). The van der Waals surface area contributed by atoms with E-state index < -0.39 is 0 Å². The smallest absolute Gasteiger partial charge is 0.0556 e. The largest absolute Gasteiger partial charge is 0.395 e. The van der Waals surface area contributed by atoms with Gasteiger partial charge in [0.25, 0.3) is 0 Å². The highest BCUT2D eigenvalue weighted by Crippen LogP contribution is 2.22. The average molecular weight is 172 g/mol. The summed E-state index contributed by atoms with van der Waals surface area (Å²) in [5.41, 5.74) is 5.88. The first-order valence-electron chi connectivity index (χ1n) is 4.82. The van der Waals surface area contributed by atoms with Crippen LogP contribution in [0.4, 0.5) is 0 Å². The fourth-order valence-corrected chi connectivity index (χ4v) is 2.09. The van der Waals surface area contributed by atoms with Crippen LogP contribution in [0.15, 0.2) is 0 Å². The number of rotatable bonds is 3. The summed E-state index contributed by atoms with van der Waals surface area (Å²) in [5.74, 6) is 0.727. The summed E-state index contributed by atoms with van der Waals surface area (Å²) >= 11 is 0. The van der Waals surface area contributed by atoms with Gasteiger partial charge in [-0.1, -0.05) is 6.92 Å². The molecule has 0 amide bonds. The molecule has 1 saturated carbocycles. The van der Waals surface area contributed by atoms with Gasteiger partial charge in [0.2, 0.25) is 0 Å². The predicted molar refractivity (Wildman–Crippen MR) is 49.9 cm³/mol. The molecule has 0 aromatic rings. The van der Waals surface area contributed by atoms with Gasteiger partial charge in [0.05, 0.1) is 6.61 Å². The minimum atomic E-state index is 0.222. The van der Waals surface area contributed by atoms with Gasteiger partial charge >= 0.3 is 0 Å². The molecule has 72 valence electrons. The Morgan fingerprint density at radius 3 is 2.75 bits per heavy atom. The highest BCUT2D eigenvalue weighted by molar-refractivity contribution is 4.82. The van der Waals surface area contributed by atoms with Gasteiger partial charge < -0.3 is 16.2 Å². The number of aliphatic hydroxyl groups is 1. The summed E-state index contributed by atoms with van der Waals surface area (Å²) in [7, 11) is 0. The number of hydrogen-bond acceptors (Lipinski definition) is 3. The van der Waals surface area contributed by atoms with Crippen LogP contribution in [0.1, 0.15) is 26.2 Å². The maximum atomic E-state index is 8.63. The van der Waals surface area contributed by atoms with E-state index in [1.807, 2.05) is 0 Å². The first kappa shape index (κ1) is 9.96. The molecule has 3 heteroatoms. The van der Waals surface area contributed by atoms with Crippen molar-refractivity contribution in [2.75, 3.05) is 13.2 Å². The molecule has 0 bridgehead atoms. The van der Waals surface area contributed by atoms with Crippen molar-refractivity contribution in [2.45, 2.75) is 38.3 Å². The van der Waals surface area contributed by atoms with Crippen LogP contribution in [-0.4, -0.2) is 30.3 Å². The molecule has 0 aromatic carbocycles. The molecule has 0 radical (unpaired) electrons. The third kappa shape index (κ3) is 3.09. The first-order chi connectivity index (χ1) is 5.72. The van der Waals surface area contributed by atoms with Crippen molar-refractivity contribution in [1.82, 2.24) is 5.32 Å². The Hall–Kier alpha value is -0.120. The standard InChI is InChI=1S/C9H20N2O/c1-7-4-8(10)6-9(5-7)11-2-3-12/h7-9,11-12H,2-6,10H2,1H3. The van der Waals surface area contributed by atoms with Crippen LogP contribution in [0, 0.1) is 5.92 Å². The van der Waals surface area contributed by atoms with Gasteiger partial charge in [0, 0.05) is 18.6 Å². The molecular weight excluding hydrogens is 152 g/mol. The lowest BCUT2D eigenvalue weighted by molar-refractivity contribution is 0.241. The Balaban J connectivity index is 2.24. The van der Waals surface area contributed by atoms with Gasteiger partial charge in [-0.25, -0.2) is 0 Å². The van der Waals surface area contributed by atoms with Crippen LogP contribution >= 0.6 is 0 Å². The van der Waals surface area contributed by atoms with Crippen LogP contribution in [0.2, 0.25) is 0 Å². The van der Waals surface area contributed by atoms with E-state index in [0.717, 1.165) is 18.8 Å². The predicted octanol–water partition coefficient (Wildman–Crippen LogP) is 0.0842. The zero-order valence-electron chi connectivity index (χ0n) is 7.79. The maximum Gasteiger partial charge on any atom is 0.0556 e. The quantitative estimate of drug-likeness (QED) is 0.565. The molecule has 0 heterocycles. The number of nitrogens with two attached hydrogens (primary N) is 1. The highest BCUT2D eigenvalue weighted by Gasteiger charge is 2.23. The topological polar surface area (TPSA) is 58.3 Å². The molecule has 1 aliphatic rings. The summed E-state index contributed by atoms with van der Waals surface area (Å²) in [5, 5.41) is 11.9. The zero-order valence-corrected chi connectivity index (χ0v) is 7.79. The van der Waals surface area contributed by atoms with Gasteiger partial charge in [-0.05, 0) is 25.2 Å². The molecule has 3 nitrogen and oxygen atoms in total. The molecular formula is C9H20N2O. The van der Waals surface area contributed by atoms with Crippen molar-refractivity contribution < 1.29 is 5.11 Å².